The molecule has 0 aromatic carbocycles. The van der Waals surface area contributed by atoms with Crippen LogP contribution in [-0.2, 0) is 4.79 Å². The molecule has 0 aromatic rings. The van der Waals surface area contributed by atoms with Crippen molar-refractivity contribution in [1.29, 1.82) is 0 Å². The fraction of sp³-hybridized carbons (Fsp3) is 0.900. The van der Waals surface area contributed by atoms with Crippen molar-refractivity contribution in [2.75, 3.05) is 20.1 Å². The zero-order valence-corrected chi connectivity index (χ0v) is 9.47. The number of rotatable bonds is 3. The molecule has 0 saturated carbocycles. The number of hydrogen-bond acceptors (Lipinski definition) is 2. The monoisotopic (exact) mass is 238 g/mol. The molecule has 1 saturated heterocycles. The van der Waals surface area contributed by atoms with Gasteiger partial charge in [-0.05, 0) is 26.3 Å². The van der Waals surface area contributed by atoms with Gasteiger partial charge in [-0.2, -0.15) is 13.2 Å². The van der Waals surface area contributed by atoms with Gasteiger partial charge < -0.3 is 10.2 Å². The first kappa shape index (κ1) is 13.3. The Labute approximate surface area is 93.0 Å². The highest BCUT2D eigenvalue weighted by atomic mass is 19.4. The van der Waals surface area contributed by atoms with Gasteiger partial charge in [0.05, 0.1) is 0 Å². The van der Waals surface area contributed by atoms with E-state index in [2.05, 4.69) is 17.1 Å². The van der Waals surface area contributed by atoms with Crippen molar-refractivity contribution in [1.82, 2.24) is 10.2 Å². The van der Waals surface area contributed by atoms with E-state index in [1.807, 2.05) is 7.05 Å². The molecule has 0 radical (unpaired) electrons. The average Bonchev–Trinajstić information content (AvgIpc) is 2.40. The maximum absolute atomic E-state index is 11.9. The van der Waals surface area contributed by atoms with Crippen LogP contribution in [0, 0.1) is 5.92 Å². The van der Waals surface area contributed by atoms with Crippen LogP contribution in [0.5, 0.6) is 0 Å². The van der Waals surface area contributed by atoms with Crippen molar-refractivity contribution in [3.63, 3.8) is 0 Å². The molecule has 2 unspecified atom stereocenters. The number of nitrogens with one attached hydrogen (secondary N) is 1. The lowest BCUT2D eigenvalue weighted by molar-refractivity contribution is -0.153. The summed E-state index contributed by atoms with van der Waals surface area (Å²) in [5, 5.41) is 2.34. The Morgan fingerprint density at radius 1 is 1.50 bits per heavy atom. The SMILES string of the molecule is CC1CC(CNC(=O)CC(F)(F)F)CN1C. The second-order valence-electron chi connectivity index (χ2n) is 4.49. The van der Waals surface area contributed by atoms with E-state index in [9.17, 15) is 18.0 Å². The highest BCUT2D eigenvalue weighted by molar-refractivity contribution is 5.76. The van der Waals surface area contributed by atoms with Gasteiger partial charge >= 0.3 is 6.18 Å². The maximum Gasteiger partial charge on any atom is 0.397 e. The van der Waals surface area contributed by atoms with E-state index in [0.29, 0.717) is 12.6 Å². The summed E-state index contributed by atoms with van der Waals surface area (Å²) in [5.74, 6) is -0.674. The summed E-state index contributed by atoms with van der Waals surface area (Å²) < 4.78 is 35.6. The summed E-state index contributed by atoms with van der Waals surface area (Å²) in [5.41, 5.74) is 0. The lowest BCUT2D eigenvalue weighted by Gasteiger charge is -2.13. The van der Waals surface area contributed by atoms with Crippen molar-refractivity contribution in [3.05, 3.63) is 0 Å². The Bertz CT molecular complexity index is 245. The van der Waals surface area contributed by atoms with Gasteiger partial charge in [-0.3, -0.25) is 4.79 Å². The Balaban J connectivity index is 2.23. The first-order valence-corrected chi connectivity index (χ1v) is 5.31. The fourth-order valence-electron chi connectivity index (χ4n) is 1.97. The number of amides is 1. The third kappa shape index (κ3) is 4.38. The molecule has 1 fully saturated rings. The molecule has 3 nitrogen and oxygen atoms in total. The molecular formula is C10H17F3N2O. The molecule has 1 N–H and O–H groups in total. The number of halogens is 3. The van der Waals surface area contributed by atoms with Gasteiger partial charge in [-0.15, -0.1) is 0 Å². The highest BCUT2D eigenvalue weighted by Crippen LogP contribution is 2.21. The predicted octanol–water partition coefficient (Wildman–Crippen LogP) is 1.40. The zero-order valence-electron chi connectivity index (χ0n) is 9.47. The largest absolute Gasteiger partial charge is 0.397 e. The van der Waals surface area contributed by atoms with Crippen LogP contribution in [0.2, 0.25) is 0 Å². The van der Waals surface area contributed by atoms with Crippen LogP contribution in [0.25, 0.3) is 0 Å². The van der Waals surface area contributed by atoms with Gasteiger partial charge in [0.2, 0.25) is 5.91 Å². The number of likely N-dealkylation sites (tertiary alicyclic amines) is 1. The zero-order chi connectivity index (χ0) is 12.3. The predicted molar refractivity (Wildman–Crippen MR) is 53.9 cm³/mol. The third-order valence-electron chi connectivity index (χ3n) is 2.92. The van der Waals surface area contributed by atoms with Crippen LogP contribution in [-0.4, -0.2) is 43.2 Å². The van der Waals surface area contributed by atoms with Gasteiger partial charge in [0.15, 0.2) is 0 Å². The van der Waals surface area contributed by atoms with Crippen LogP contribution < -0.4 is 5.32 Å². The quantitative estimate of drug-likeness (QED) is 0.806. The molecule has 1 amide bonds. The Morgan fingerprint density at radius 2 is 2.12 bits per heavy atom. The lowest BCUT2D eigenvalue weighted by atomic mass is 10.1. The van der Waals surface area contributed by atoms with Crippen molar-refractivity contribution in [2.45, 2.75) is 32.0 Å². The molecule has 2 atom stereocenters. The Hall–Kier alpha value is -0.780. The summed E-state index contributed by atoms with van der Waals surface area (Å²) in [7, 11) is 1.97. The number of nitrogens with zero attached hydrogens (tertiary/aromatic N) is 1. The number of alkyl halides is 3. The average molecular weight is 238 g/mol. The van der Waals surface area contributed by atoms with Crippen molar-refractivity contribution in [3.8, 4) is 0 Å². The lowest BCUT2D eigenvalue weighted by Crippen LogP contribution is -2.33. The maximum atomic E-state index is 11.9. The molecule has 16 heavy (non-hydrogen) atoms. The normalized spacial score (nSPS) is 27.1. The van der Waals surface area contributed by atoms with Gasteiger partial charge in [-0.1, -0.05) is 0 Å². The van der Waals surface area contributed by atoms with E-state index in [1.165, 1.54) is 0 Å². The second kappa shape index (κ2) is 5.03. The van der Waals surface area contributed by atoms with E-state index < -0.39 is 18.5 Å². The fourth-order valence-corrected chi connectivity index (χ4v) is 1.97. The molecule has 1 aliphatic rings. The minimum absolute atomic E-state index is 0.261. The van der Waals surface area contributed by atoms with Gasteiger partial charge in [0, 0.05) is 19.1 Å². The topological polar surface area (TPSA) is 32.3 Å². The minimum atomic E-state index is -4.41. The van der Waals surface area contributed by atoms with E-state index in [1.54, 1.807) is 0 Å². The van der Waals surface area contributed by atoms with Crippen molar-refractivity contribution < 1.29 is 18.0 Å². The number of carbonyl (C=O) groups excluding carboxylic acids is 1. The molecular weight excluding hydrogens is 221 g/mol. The van der Waals surface area contributed by atoms with Gasteiger partial charge in [0.1, 0.15) is 6.42 Å². The second-order valence-corrected chi connectivity index (χ2v) is 4.49. The van der Waals surface area contributed by atoms with E-state index >= 15 is 0 Å². The molecule has 0 bridgehead atoms. The molecule has 94 valence electrons. The summed E-state index contributed by atoms with van der Waals surface area (Å²) in [6.45, 7) is 3.23. The Morgan fingerprint density at radius 3 is 2.56 bits per heavy atom. The van der Waals surface area contributed by atoms with Gasteiger partial charge in [0.25, 0.3) is 0 Å². The van der Waals surface area contributed by atoms with Crippen LogP contribution >= 0.6 is 0 Å². The molecule has 0 aliphatic carbocycles. The minimum Gasteiger partial charge on any atom is -0.355 e. The van der Waals surface area contributed by atoms with Crippen LogP contribution in [0.4, 0.5) is 13.2 Å². The first-order valence-electron chi connectivity index (χ1n) is 5.31. The summed E-state index contributed by atoms with van der Waals surface area (Å²) in [4.78, 5) is 13.1. The number of hydrogen-bond donors (Lipinski definition) is 1. The number of carbonyl (C=O) groups is 1. The molecule has 1 heterocycles. The molecule has 6 heteroatoms. The molecule has 0 spiro atoms. The van der Waals surface area contributed by atoms with E-state index in [0.717, 1.165) is 13.0 Å². The first-order chi connectivity index (χ1) is 7.28. The van der Waals surface area contributed by atoms with Crippen LogP contribution in [0.1, 0.15) is 19.8 Å². The van der Waals surface area contributed by atoms with Crippen LogP contribution in [0.3, 0.4) is 0 Å². The summed E-state index contributed by atoms with van der Waals surface area (Å²) in [6.07, 6.45) is -4.88. The van der Waals surface area contributed by atoms with Crippen LogP contribution in [0.15, 0.2) is 0 Å². The van der Waals surface area contributed by atoms with E-state index in [-0.39, 0.29) is 5.92 Å². The standard InChI is InChI=1S/C10H17F3N2O/c1-7-3-8(6-15(7)2)5-14-9(16)4-10(11,12)13/h7-8H,3-6H2,1-2H3,(H,14,16). The molecule has 1 aliphatic heterocycles. The van der Waals surface area contributed by atoms with Gasteiger partial charge in [-0.25, -0.2) is 0 Å². The summed E-state index contributed by atoms with van der Waals surface area (Å²) in [6, 6.07) is 0.435. The summed E-state index contributed by atoms with van der Waals surface area (Å²) >= 11 is 0. The third-order valence-corrected chi connectivity index (χ3v) is 2.92. The van der Waals surface area contributed by atoms with Crippen molar-refractivity contribution in [2.24, 2.45) is 5.92 Å². The molecule has 0 aromatic heterocycles. The Kier molecular flexibility index (Phi) is 4.18. The van der Waals surface area contributed by atoms with E-state index in [4.69, 9.17) is 0 Å². The highest BCUT2D eigenvalue weighted by Gasteiger charge is 2.32. The van der Waals surface area contributed by atoms with Crippen molar-refractivity contribution >= 4 is 5.91 Å². The molecule has 1 rings (SSSR count). The smallest absolute Gasteiger partial charge is 0.355 e.